The van der Waals surface area contributed by atoms with E-state index in [0.717, 1.165) is 0 Å². The quantitative estimate of drug-likeness (QED) is 0.488. The molecule has 1 heterocycles. The Bertz CT molecular complexity index is 425. The number of pyridine rings is 1. The van der Waals surface area contributed by atoms with Gasteiger partial charge >= 0.3 is 11.2 Å². The molecule has 0 fully saturated rings. The summed E-state index contributed by atoms with van der Waals surface area (Å²) >= 11 is -3.41. The van der Waals surface area contributed by atoms with Gasteiger partial charge in [-0.15, -0.1) is 13.2 Å². The van der Waals surface area contributed by atoms with Crippen LogP contribution in [0, 0.1) is 10.1 Å². The van der Waals surface area contributed by atoms with Crippen molar-refractivity contribution in [2.75, 3.05) is 0 Å². The van der Waals surface area contributed by atoms with Crippen LogP contribution in [0.2, 0.25) is 0 Å². The number of halogens is 3. The van der Waals surface area contributed by atoms with Crippen LogP contribution in [0.5, 0.6) is 5.88 Å². The lowest BCUT2D eigenvalue weighted by atomic mass is 10.4. The Morgan fingerprint density at radius 2 is 2.06 bits per heavy atom. The van der Waals surface area contributed by atoms with Gasteiger partial charge in [0.15, 0.2) is 4.90 Å². The molecule has 0 spiro atoms. The largest absolute Gasteiger partial charge is 0.604 e. The first-order valence-electron chi connectivity index (χ1n) is 3.55. The second-order valence-electron chi connectivity index (χ2n) is 2.49. The molecule has 0 aromatic carbocycles. The molecule has 1 aromatic rings. The number of hydrogen-bond acceptors (Lipinski definition) is 5. The summed E-state index contributed by atoms with van der Waals surface area (Å²) in [6.45, 7) is 0. The fourth-order valence-corrected chi connectivity index (χ4v) is 1.43. The van der Waals surface area contributed by atoms with Crippen LogP contribution in [0.1, 0.15) is 0 Å². The maximum atomic E-state index is 12.0. The predicted molar refractivity (Wildman–Crippen MR) is 45.0 cm³/mol. The zero-order valence-electron chi connectivity index (χ0n) is 7.26. The Morgan fingerprint density at radius 3 is 2.50 bits per heavy atom. The van der Waals surface area contributed by atoms with E-state index >= 15 is 0 Å². The highest BCUT2D eigenvalue weighted by molar-refractivity contribution is 7.92. The molecule has 0 radical (unpaired) electrons. The summed E-state index contributed by atoms with van der Waals surface area (Å²) in [5.74, 6) is -1.03. The smallest absolute Gasteiger partial charge is 0.578 e. The average Bonchev–Trinajstić information content (AvgIpc) is 2.15. The Hall–Kier alpha value is -1.55. The minimum Gasteiger partial charge on any atom is -0.604 e. The third kappa shape index (κ3) is 2.52. The molecule has 1 rings (SSSR count). The standard InChI is InChI=1S/C6H3F3N2O4S/c7-6(8,9)16(15)3-1-4(11(13)14)5(12)10-2-3/h1-2H,(H,10,12). The van der Waals surface area contributed by atoms with Crippen LogP contribution in [0.3, 0.4) is 0 Å². The van der Waals surface area contributed by atoms with Crippen molar-refractivity contribution in [3.63, 3.8) is 0 Å². The van der Waals surface area contributed by atoms with Crippen LogP contribution in [0.15, 0.2) is 17.2 Å². The molecule has 1 atom stereocenters. The molecular formula is C6H3F3N2O4S. The van der Waals surface area contributed by atoms with Gasteiger partial charge in [0.2, 0.25) is 0 Å². The lowest BCUT2D eigenvalue weighted by molar-refractivity contribution is -0.386. The molecule has 1 unspecified atom stereocenters. The second-order valence-corrected chi connectivity index (χ2v) is 3.96. The van der Waals surface area contributed by atoms with Gasteiger partial charge in [-0.25, -0.2) is 4.98 Å². The highest BCUT2D eigenvalue weighted by Crippen LogP contribution is 2.33. The first kappa shape index (κ1) is 12.5. The van der Waals surface area contributed by atoms with Crippen LogP contribution in [-0.4, -0.2) is 25.1 Å². The molecular weight excluding hydrogens is 253 g/mol. The molecule has 10 heteroatoms. The lowest BCUT2D eigenvalue weighted by Crippen LogP contribution is -2.23. The van der Waals surface area contributed by atoms with Gasteiger partial charge in [-0.2, -0.15) is 0 Å². The maximum absolute atomic E-state index is 12.0. The maximum Gasteiger partial charge on any atom is 0.578 e. The Morgan fingerprint density at radius 1 is 1.50 bits per heavy atom. The molecule has 0 saturated heterocycles. The van der Waals surface area contributed by atoms with Gasteiger partial charge in [0.05, 0.1) is 17.2 Å². The van der Waals surface area contributed by atoms with Gasteiger partial charge < -0.3 is 9.66 Å². The number of alkyl halides is 3. The third-order valence-electron chi connectivity index (χ3n) is 1.44. The summed E-state index contributed by atoms with van der Waals surface area (Å²) in [4.78, 5) is 11.2. The number of nitrogens with zero attached hydrogens (tertiary/aromatic N) is 2. The third-order valence-corrected chi connectivity index (χ3v) is 2.51. The molecule has 16 heavy (non-hydrogen) atoms. The summed E-state index contributed by atoms with van der Waals surface area (Å²) in [6, 6.07) is 0.367. The molecule has 0 bridgehead atoms. The van der Waals surface area contributed by atoms with Gasteiger partial charge in [-0.05, 0) is 0 Å². The summed E-state index contributed by atoms with van der Waals surface area (Å²) < 4.78 is 46.8. The Labute approximate surface area is 89.1 Å². The van der Waals surface area contributed by atoms with Crippen molar-refractivity contribution in [3.05, 3.63) is 22.4 Å². The molecule has 1 aromatic heterocycles. The summed E-state index contributed by atoms with van der Waals surface area (Å²) in [7, 11) is 0. The van der Waals surface area contributed by atoms with E-state index in [4.69, 9.17) is 5.11 Å². The summed E-state index contributed by atoms with van der Waals surface area (Å²) in [5.41, 5.74) is -6.07. The van der Waals surface area contributed by atoms with E-state index in [2.05, 4.69) is 4.98 Å². The second kappa shape index (κ2) is 4.14. The van der Waals surface area contributed by atoms with Crippen molar-refractivity contribution < 1.29 is 27.8 Å². The zero-order valence-corrected chi connectivity index (χ0v) is 8.08. The molecule has 0 aliphatic carbocycles. The van der Waals surface area contributed by atoms with Crippen molar-refractivity contribution in [2.45, 2.75) is 10.4 Å². The van der Waals surface area contributed by atoms with E-state index in [1.165, 1.54) is 0 Å². The monoisotopic (exact) mass is 256 g/mol. The van der Waals surface area contributed by atoms with Crippen molar-refractivity contribution in [1.82, 2.24) is 4.98 Å². The predicted octanol–water partition coefficient (Wildman–Crippen LogP) is 1.32. The Balaban J connectivity index is 3.18. The number of nitro groups is 1. The lowest BCUT2D eigenvalue weighted by Gasteiger charge is -2.11. The first-order valence-corrected chi connectivity index (χ1v) is 4.70. The molecule has 0 saturated carbocycles. The minimum atomic E-state index is -5.04. The van der Waals surface area contributed by atoms with Gasteiger partial charge in [-0.1, -0.05) is 0 Å². The highest BCUT2D eigenvalue weighted by atomic mass is 32.2. The van der Waals surface area contributed by atoms with Crippen molar-refractivity contribution >= 4 is 16.9 Å². The molecule has 88 valence electrons. The van der Waals surface area contributed by atoms with E-state index in [1.54, 1.807) is 0 Å². The molecule has 0 amide bonds. The molecule has 0 aliphatic rings. The number of hydrogen-bond donors (Lipinski definition) is 1. The van der Waals surface area contributed by atoms with E-state index < -0.39 is 38.1 Å². The van der Waals surface area contributed by atoms with Crippen LogP contribution in [0.25, 0.3) is 0 Å². The van der Waals surface area contributed by atoms with Crippen LogP contribution in [0.4, 0.5) is 18.9 Å². The van der Waals surface area contributed by atoms with Gasteiger partial charge in [0, 0.05) is 0 Å². The van der Waals surface area contributed by atoms with Crippen molar-refractivity contribution in [1.29, 1.82) is 0 Å². The van der Waals surface area contributed by atoms with Crippen molar-refractivity contribution in [3.8, 4) is 5.88 Å². The number of aromatic nitrogens is 1. The Kier molecular flexibility index (Phi) is 3.24. The average molecular weight is 256 g/mol. The molecule has 1 N–H and O–H groups in total. The van der Waals surface area contributed by atoms with E-state index in [9.17, 15) is 27.8 Å². The normalized spacial score (nSPS) is 13.5. The van der Waals surface area contributed by atoms with E-state index in [-0.39, 0.29) is 0 Å². The van der Waals surface area contributed by atoms with Crippen LogP contribution >= 0.6 is 0 Å². The topological polar surface area (TPSA) is 99.3 Å². The van der Waals surface area contributed by atoms with Gasteiger partial charge in [0.1, 0.15) is 11.2 Å². The van der Waals surface area contributed by atoms with Gasteiger partial charge in [0.25, 0.3) is 5.88 Å². The molecule has 6 nitrogen and oxygen atoms in total. The van der Waals surface area contributed by atoms with E-state index in [0.29, 0.717) is 12.3 Å². The highest BCUT2D eigenvalue weighted by Gasteiger charge is 2.47. The van der Waals surface area contributed by atoms with Crippen molar-refractivity contribution in [2.24, 2.45) is 0 Å². The van der Waals surface area contributed by atoms with Crippen LogP contribution < -0.4 is 0 Å². The molecule has 0 aliphatic heterocycles. The first-order chi connectivity index (χ1) is 7.23. The van der Waals surface area contributed by atoms with Crippen LogP contribution in [-0.2, 0) is 11.2 Å². The van der Waals surface area contributed by atoms with E-state index in [1.807, 2.05) is 0 Å². The summed E-state index contributed by atoms with van der Waals surface area (Å²) in [6.07, 6.45) is 0.464. The fourth-order valence-electron chi connectivity index (χ4n) is 0.797. The number of aromatic hydroxyl groups is 1. The minimum absolute atomic E-state index is 0.367. The fraction of sp³-hybridized carbons (Fsp3) is 0.167. The number of rotatable bonds is 2. The summed E-state index contributed by atoms with van der Waals surface area (Å²) in [5, 5.41) is 19.1. The van der Waals surface area contributed by atoms with Gasteiger partial charge in [-0.3, -0.25) is 10.1 Å². The SMILES string of the molecule is O=[N+]([O-])c1cc([S+]([O-])C(F)(F)F)cnc1O. The zero-order chi connectivity index (χ0) is 12.5.